The van der Waals surface area contributed by atoms with Crippen LogP contribution in [0.25, 0.3) is 0 Å². The van der Waals surface area contributed by atoms with Gasteiger partial charge in [0.25, 0.3) is 0 Å². The van der Waals surface area contributed by atoms with Gasteiger partial charge in [0.1, 0.15) is 35.8 Å². The molecule has 0 unspecified atom stereocenters. The zero-order valence-corrected chi connectivity index (χ0v) is 72.0. The lowest BCUT2D eigenvalue weighted by Crippen LogP contribution is -2.69. The molecule has 23 nitrogen and oxygen atoms in total. The van der Waals surface area contributed by atoms with E-state index in [1.165, 1.54) is 18.6 Å². The molecule has 12 fully saturated rings. The molecule has 0 aromatic carbocycles. The molecule has 0 saturated heterocycles. The second-order valence-electron chi connectivity index (χ2n) is 40.7. The summed E-state index contributed by atoms with van der Waals surface area (Å²) in [6.07, 6.45) is 24.9. The number of esters is 3. The standard InChI is InChI=1S/C28H37ClO7.C23H32O6.C22H28O5.C21H30O5/c1-6-23(33)35-15-22(32)28(36-24(34)7-2)16(3)12-20-19-9-8-17-13-18(30)10-11-25(17,4)27(19,29)21(31)14-26(20,28)5;1-13(24)29-12-19(27)23(28)9-7-17-16-5-4-14-10-15(25)6-8-21(14,2)20(16)18(26)11-22(17,23)3;1-12-8-16-15-5-4-13-9-14(24)6-7-20(13,2)19(15)17(25)10-21(16,3)22(12,27)18(26)11-23;1-19-7-5-13(23)9-12(19)3-4-14-15-6-8-21(26,17(25)11-22)20(15,2)10-16(24)18(14)19/h10-11,13,16,19-21,31H,6-9,12,14-15H2,1-5H3;10,16-18,20,26,28H,4-9,11-12H2,1-3H3;6-7,9,12,15-16,19,23,27H,4-5,8,10-11H2,1-3H3;9,14-16,18,22,24,26H,3-8,10-11H2,1-2H3/t16-,19+,20+,21+,25+,26+,27+,28+;16-,17-,18-,20+,21-,22-,23-;12-,15+,16+,19-,20+,21+,22+;14-,15-,16-,18+,19-,20-,21-/m1010/s1. The third kappa shape index (κ3) is 13.0. The Labute approximate surface area is 697 Å². The van der Waals surface area contributed by atoms with E-state index in [9.17, 15) is 98.4 Å². The lowest BCUT2D eigenvalue weighted by molar-refractivity contribution is -0.203. The van der Waals surface area contributed by atoms with Crippen LogP contribution in [-0.4, -0.2) is 183 Å². The number of hydrogen-bond donors (Lipinski definition) is 8. The van der Waals surface area contributed by atoms with Crippen LogP contribution in [0.1, 0.15) is 244 Å². The molecule has 0 heterocycles. The Kier molecular flexibility index (Phi) is 23.7. The molecule has 0 aromatic rings. The number of ether oxygens (including phenoxy) is 3. The topological polar surface area (TPSA) is 394 Å². The van der Waals surface area contributed by atoms with Gasteiger partial charge in [-0.25, -0.2) is 0 Å². The summed E-state index contributed by atoms with van der Waals surface area (Å²) < 4.78 is 16.2. The molecule has 16 aliphatic carbocycles. The molecule has 0 aromatic heterocycles. The third-order valence-electron chi connectivity index (χ3n) is 35.8. The molecular weight excluding hydrogens is 1530 g/mol. The molecule has 0 bridgehead atoms. The van der Waals surface area contributed by atoms with Gasteiger partial charge in [0.15, 0.2) is 53.5 Å². The van der Waals surface area contributed by atoms with Crippen LogP contribution in [0.3, 0.4) is 0 Å². The van der Waals surface area contributed by atoms with E-state index in [-0.39, 0.29) is 142 Å². The van der Waals surface area contributed by atoms with E-state index in [1.807, 2.05) is 67.5 Å². The lowest BCUT2D eigenvalue weighted by Gasteiger charge is -2.64. The highest BCUT2D eigenvalue weighted by Gasteiger charge is 2.78. The third-order valence-corrected chi connectivity index (χ3v) is 36.7. The first-order valence-corrected chi connectivity index (χ1v) is 44.1. The molecule has 24 heteroatoms. The summed E-state index contributed by atoms with van der Waals surface area (Å²) in [4.78, 5) is 147. The van der Waals surface area contributed by atoms with Crippen LogP contribution in [0, 0.1) is 120 Å². The number of carbonyl (C=O) groups is 12. The van der Waals surface area contributed by atoms with Crippen molar-refractivity contribution in [1.29, 1.82) is 0 Å². The van der Waals surface area contributed by atoms with Gasteiger partial charge < -0.3 is 55.1 Å². The van der Waals surface area contributed by atoms with Crippen molar-refractivity contribution in [3.8, 4) is 0 Å². The number of alkyl halides is 1. The number of rotatable bonds is 13. The average molecular weight is 1660 g/mol. The quantitative estimate of drug-likeness (QED) is 0.0482. The first kappa shape index (κ1) is 89.6. The summed E-state index contributed by atoms with van der Waals surface area (Å²) in [6.45, 7) is 22.0. The van der Waals surface area contributed by atoms with Crippen LogP contribution in [0.2, 0.25) is 0 Å². The van der Waals surface area contributed by atoms with E-state index < -0.39 is 146 Å². The van der Waals surface area contributed by atoms with Gasteiger partial charge in [0, 0.05) is 83.4 Å². The number of Topliss-reactive ketones (excluding diaryl/α,β-unsaturated/α-hetero) is 5. The van der Waals surface area contributed by atoms with Crippen LogP contribution in [-0.2, 0) is 71.7 Å². The summed E-state index contributed by atoms with van der Waals surface area (Å²) in [6, 6.07) is 0. The van der Waals surface area contributed by atoms with Crippen molar-refractivity contribution in [3.05, 3.63) is 70.9 Å². The minimum absolute atomic E-state index is 0.0218. The maximum atomic E-state index is 13.9. The fourth-order valence-electron chi connectivity index (χ4n) is 29.8. The predicted molar refractivity (Wildman–Crippen MR) is 431 cm³/mol. The minimum atomic E-state index is -1.66. The molecule has 118 heavy (non-hydrogen) atoms. The van der Waals surface area contributed by atoms with Crippen molar-refractivity contribution in [3.63, 3.8) is 0 Å². The normalized spacial score (nSPS) is 46.7. The van der Waals surface area contributed by atoms with Crippen molar-refractivity contribution < 1.29 is 113 Å². The highest BCUT2D eigenvalue weighted by Crippen LogP contribution is 2.75. The smallest absolute Gasteiger partial charge is 0.306 e. The highest BCUT2D eigenvalue weighted by atomic mass is 35.5. The minimum Gasteiger partial charge on any atom is -0.458 e. The SMILES string of the molecule is CC(=O)OCC(=O)[C@@]1(O)CC[C@H]2[C@@H]3CCC4=CC(=O)CC[C@]4(C)[C@H]3[C@@H](O)C[C@@]21C.CCC(=O)OCC(=O)[C@@]1(OC(=O)CC)[C@H](C)C[C@H]2[C@@H]3CCC4=CC(=O)C=C[C@]4(C)[C@@]3(Cl)[C@@H](O)C[C@@]21C.C[C@@H]1C[C@H]2[C@@H]3CCC4=CC(=O)C=C[C@]4(C)[C@H]3C(=O)C[C@]2(C)[C@@]1(O)C(=O)CO.C[C@]12CCC(=O)C=C1CC[C@@H]1[C@@H]2[C@@H](O)C[C@@]2(C)[C@H]1CC[C@]2(O)C(=O)CO. The summed E-state index contributed by atoms with van der Waals surface area (Å²) in [5, 5.41) is 87.1. The fraction of sp³-hybridized carbons (Fsp3) is 0.745. The van der Waals surface area contributed by atoms with Gasteiger partial charge in [0.05, 0.1) is 23.2 Å². The summed E-state index contributed by atoms with van der Waals surface area (Å²) in [7, 11) is 0. The number of fused-ring (bicyclic) bond motifs is 20. The second kappa shape index (κ2) is 31.3. The van der Waals surface area contributed by atoms with Crippen LogP contribution in [0.4, 0.5) is 0 Å². The largest absolute Gasteiger partial charge is 0.458 e. The number of aliphatic hydroxyl groups excluding tert-OH is 5. The molecule has 12 saturated carbocycles. The van der Waals surface area contributed by atoms with Gasteiger partial charge >= 0.3 is 17.9 Å². The van der Waals surface area contributed by atoms with Gasteiger partial charge in [-0.15, -0.1) is 11.6 Å². The number of hydrogen-bond acceptors (Lipinski definition) is 23. The van der Waals surface area contributed by atoms with E-state index in [0.717, 1.165) is 80.9 Å². The molecule has 29 atom stereocenters. The predicted octanol–water partition coefficient (Wildman–Crippen LogP) is 10.2. The Hall–Kier alpha value is -6.15. The van der Waals surface area contributed by atoms with Gasteiger partial charge in [-0.05, 0) is 234 Å². The number of ketones is 9. The number of allylic oxidation sites excluding steroid dienone is 10. The monoisotopic (exact) mass is 1660 g/mol. The molecule has 8 N–H and O–H groups in total. The van der Waals surface area contributed by atoms with E-state index in [2.05, 4.69) is 13.8 Å². The van der Waals surface area contributed by atoms with Crippen molar-refractivity contribution >= 4 is 81.6 Å². The highest BCUT2D eigenvalue weighted by molar-refractivity contribution is 6.26. The molecule has 0 radical (unpaired) electrons. The zero-order chi connectivity index (χ0) is 86.6. The molecule has 0 spiro atoms. The molecule has 16 rings (SSSR count). The van der Waals surface area contributed by atoms with Crippen molar-refractivity contribution in [2.75, 3.05) is 26.4 Å². The molecule has 0 amide bonds. The summed E-state index contributed by atoms with van der Waals surface area (Å²) in [5.41, 5.74) is -6.80. The van der Waals surface area contributed by atoms with E-state index in [0.29, 0.717) is 64.2 Å². The zero-order valence-electron chi connectivity index (χ0n) is 71.2. The van der Waals surface area contributed by atoms with Crippen molar-refractivity contribution in [2.45, 2.75) is 290 Å². The van der Waals surface area contributed by atoms with Crippen LogP contribution in [0.5, 0.6) is 0 Å². The molecule has 0 aliphatic heterocycles. The van der Waals surface area contributed by atoms with Crippen LogP contribution < -0.4 is 0 Å². The summed E-state index contributed by atoms with van der Waals surface area (Å²) >= 11 is 7.48. The van der Waals surface area contributed by atoms with Crippen molar-refractivity contribution in [2.24, 2.45) is 120 Å². The average Bonchev–Trinajstić information content (AvgIpc) is 1.44. The van der Waals surface area contributed by atoms with Gasteiger partial charge in [-0.3, -0.25) is 57.5 Å². The Bertz CT molecular complexity index is 4390. The number of aliphatic hydroxyl groups is 8. The number of halogens is 1. The molecule has 16 aliphatic rings. The van der Waals surface area contributed by atoms with Crippen LogP contribution >= 0.6 is 11.6 Å². The van der Waals surface area contributed by atoms with E-state index in [4.69, 9.17) is 25.8 Å². The first-order chi connectivity index (χ1) is 55.1. The second-order valence-corrected chi connectivity index (χ2v) is 41.3. The van der Waals surface area contributed by atoms with Gasteiger partial charge in [-0.2, -0.15) is 0 Å². The van der Waals surface area contributed by atoms with Gasteiger partial charge in [-0.1, -0.05) is 118 Å². The number of carbonyl (C=O) groups excluding carboxylic acids is 12. The van der Waals surface area contributed by atoms with Crippen molar-refractivity contribution in [1.82, 2.24) is 0 Å². The summed E-state index contributed by atoms with van der Waals surface area (Å²) in [5.74, 6) is -3.51. The molecular formula is C94H127ClO23. The van der Waals surface area contributed by atoms with Crippen LogP contribution in [0.15, 0.2) is 70.9 Å². The van der Waals surface area contributed by atoms with Gasteiger partial charge in [0.2, 0.25) is 11.6 Å². The Morgan fingerprint density at radius 1 is 0.492 bits per heavy atom. The Balaban J connectivity index is 0.000000137. The Morgan fingerprint density at radius 3 is 1.50 bits per heavy atom. The maximum Gasteiger partial charge on any atom is 0.306 e. The maximum absolute atomic E-state index is 13.9. The first-order valence-electron chi connectivity index (χ1n) is 43.8. The fourth-order valence-corrected chi connectivity index (χ4v) is 30.3. The van der Waals surface area contributed by atoms with E-state index in [1.54, 1.807) is 44.2 Å². The molecule has 648 valence electrons. The van der Waals surface area contributed by atoms with E-state index >= 15 is 0 Å². The lowest BCUT2D eigenvalue weighted by atomic mass is 9.45. The Morgan fingerprint density at radius 2 is 0.975 bits per heavy atom.